The third-order valence-corrected chi connectivity index (χ3v) is 22.9. The van der Waals surface area contributed by atoms with Crippen molar-refractivity contribution in [3.05, 3.63) is 278 Å². The Hall–Kier alpha value is -4.94. The Kier molecular flexibility index (Phi) is 22.1. The van der Waals surface area contributed by atoms with Gasteiger partial charge in [-0.2, -0.15) is 4.90 Å². The van der Waals surface area contributed by atoms with E-state index >= 15 is 0 Å². The number of rotatable bonds is 13. The number of benzene rings is 9. The average molecular weight is 1100 g/mol. The van der Waals surface area contributed by atoms with E-state index < -0.39 is 29.9 Å². The second-order valence-corrected chi connectivity index (χ2v) is 29.7. The van der Waals surface area contributed by atoms with E-state index in [9.17, 15) is 0 Å². The summed E-state index contributed by atoms with van der Waals surface area (Å²) in [5.41, 5.74) is 5.86. The second kappa shape index (κ2) is 27.9. The molecule has 0 heterocycles. The molecule has 9 rings (SSSR count). The van der Waals surface area contributed by atoms with Crippen LogP contribution in [-0.4, -0.2) is 24.3 Å². The molecule has 9 aromatic rings. The van der Waals surface area contributed by atoms with Crippen molar-refractivity contribution in [2.75, 3.05) is 18.2 Å². The molecular weight excluding hydrogens is 1020 g/mol. The van der Waals surface area contributed by atoms with E-state index in [1.54, 1.807) is 0 Å². The van der Waals surface area contributed by atoms with Crippen LogP contribution in [0.1, 0.15) is 79.0 Å². The van der Waals surface area contributed by atoms with Gasteiger partial charge in [-0.15, -0.1) is 18.2 Å². The molecule has 75 heavy (non-hydrogen) atoms. The van der Waals surface area contributed by atoms with Crippen LogP contribution < -0.4 is 37.3 Å². The minimum atomic E-state index is -1.14. The molecule has 0 unspecified atom stereocenters. The van der Waals surface area contributed by atoms with Crippen LogP contribution >= 0.6 is 23.8 Å². The predicted molar refractivity (Wildman–Crippen MR) is 338 cm³/mol. The average Bonchev–Trinajstić information content (AvgIpc) is 3.42. The first-order chi connectivity index (χ1) is 35.5. The van der Waals surface area contributed by atoms with Crippen molar-refractivity contribution in [3.63, 3.8) is 0 Å². The molecule has 0 aliphatic rings. The molecule has 0 amide bonds. The molecule has 0 fully saturated rings. The fourth-order valence-corrected chi connectivity index (χ4v) is 19.9. The van der Waals surface area contributed by atoms with Gasteiger partial charge in [-0.05, 0) is 53.6 Å². The largest absolute Gasteiger partial charge is 2.00 e. The minimum absolute atomic E-state index is 0. The van der Waals surface area contributed by atoms with Crippen LogP contribution in [0, 0.1) is 0 Å². The summed E-state index contributed by atoms with van der Waals surface area (Å²) < 4.78 is 0. The van der Waals surface area contributed by atoms with Gasteiger partial charge >= 0.3 is 16.8 Å². The SMILES string of the molecule is CC(C)(C)c1cc(C(C)(C)C)c([S-])c(C(C)(C)C)c1.[Co+2].c1ccc(P(C[B-](CP(c2ccccc2)c2ccccc2)(CP(c2ccccc2)c2ccccc2)c2ccccc2)c2ccccc2)cc1.c1ccccc1. The van der Waals surface area contributed by atoms with Crippen LogP contribution in [0.2, 0.25) is 0 Å². The van der Waals surface area contributed by atoms with Crippen molar-refractivity contribution in [2.24, 2.45) is 0 Å². The normalized spacial score (nSPS) is 11.7. The molecule has 0 aliphatic carbocycles. The summed E-state index contributed by atoms with van der Waals surface area (Å²) in [7, 11) is -1.95. The van der Waals surface area contributed by atoms with Crippen LogP contribution in [0.15, 0.2) is 266 Å². The Morgan fingerprint density at radius 1 is 0.307 bits per heavy atom. The first-order valence-electron chi connectivity index (χ1n) is 26.3. The Labute approximate surface area is 472 Å². The van der Waals surface area contributed by atoms with Gasteiger partial charge in [0.1, 0.15) is 0 Å². The van der Waals surface area contributed by atoms with Gasteiger partial charge in [-0.1, -0.05) is 358 Å². The van der Waals surface area contributed by atoms with E-state index in [-0.39, 0.29) is 33.0 Å². The molecule has 0 aromatic heterocycles. The Bertz CT molecular complexity index is 2630. The second-order valence-electron chi connectivity index (χ2n) is 22.5. The fraction of sp³-hybridized carbons (Fsp3) is 0.217. The summed E-state index contributed by atoms with van der Waals surface area (Å²) in [4.78, 5) is 1.05. The van der Waals surface area contributed by atoms with Crippen molar-refractivity contribution in [3.8, 4) is 0 Å². The molecule has 0 spiro atoms. The maximum atomic E-state index is 5.77. The monoisotopic (exact) mass is 1100 g/mol. The predicted octanol–water partition coefficient (Wildman–Crippen LogP) is 15.5. The van der Waals surface area contributed by atoms with Crippen molar-refractivity contribution < 1.29 is 16.8 Å². The summed E-state index contributed by atoms with van der Waals surface area (Å²) in [6, 6.07) is 99.9. The summed E-state index contributed by atoms with van der Waals surface area (Å²) in [5.74, 6) is 0. The van der Waals surface area contributed by atoms with Crippen molar-refractivity contribution in [1.82, 2.24) is 0 Å². The van der Waals surface area contributed by atoms with Crippen molar-refractivity contribution in [1.29, 1.82) is 0 Å². The Balaban J connectivity index is 0.000000290. The third kappa shape index (κ3) is 16.8. The zero-order valence-electron chi connectivity index (χ0n) is 45.6. The maximum Gasteiger partial charge on any atom is 2.00 e. The minimum Gasteiger partial charge on any atom is -0.779 e. The first kappa shape index (κ1) is 59.3. The summed E-state index contributed by atoms with van der Waals surface area (Å²) in [5, 5.41) is 8.74. The topological polar surface area (TPSA) is 0 Å². The molecule has 0 nitrogen and oxygen atoms in total. The smallest absolute Gasteiger partial charge is 0.779 e. The van der Waals surface area contributed by atoms with Crippen molar-refractivity contribution in [2.45, 2.75) is 83.5 Å². The molecule has 0 N–H and O–H groups in total. The van der Waals surface area contributed by atoms with E-state index in [0.717, 1.165) is 23.1 Å². The van der Waals surface area contributed by atoms with E-state index in [4.69, 9.17) is 12.6 Å². The van der Waals surface area contributed by atoms with E-state index in [2.05, 4.69) is 287 Å². The summed E-state index contributed by atoms with van der Waals surface area (Å²) in [6.07, 6.45) is -1.14. The molecule has 0 atom stereocenters. The Morgan fingerprint density at radius 2 is 0.507 bits per heavy atom. The standard InChI is InChI=1S/C45H41BP3.C18H30S.C6H6.Co/c1-8-22-39(23-9-1)46(36-47(40-24-10-2-11-25-40)41-26-12-3-13-27-41,37-48(42-28-14-4-15-29-42)43-30-16-5-17-31-43)38-49(44-32-18-6-19-33-44)45-34-20-7-21-35-45;1-16(2,3)12-10-13(17(4,5)6)15(19)14(11-12)18(7,8)9;1-2-4-6-5-3-1;/h1-35H,36-38H2;10-11,19H,1-9H3;1-6H;/q-1;;;+2/p-1. The van der Waals surface area contributed by atoms with Gasteiger partial charge in [0, 0.05) is 6.15 Å². The molecule has 9 aromatic carbocycles. The molecule has 385 valence electrons. The molecule has 0 saturated carbocycles. The molecule has 0 saturated heterocycles. The van der Waals surface area contributed by atoms with Crippen LogP contribution in [0.5, 0.6) is 0 Å². The van der Waals surface area contributed by atoms with Gasteiger partial charge in [0.2, 0.25) is 0 Å². The van der Waals surface area contributed by atoms with Crippen LogP contribution in [0.3, 0.4) is 0 Å². The van der Waals surface area contributed by atoms with Crippen LogP contribution in [-0.2, 0) is 45.7 Å². The van der Waals surface area contributed by atoms with Gasteiger partial charge < -0.3 is 12.6 Å². The first-order valence-corrected chi connectivity index (χ1v) is 31.3. The van der Waals surface area contributed by atoms with Gasteiger partial charge in [0.15, 0.2) is 0 Å². The van der Waals surface area contributed by atoms with Gasteiger partial charge in [0.05, 0.1) is 0 Å². The zero-order valence-corrected chi connectivity index (χ0v) is 50.1. The fourth-order valence-electron chi connectivity index (χ4n) is 9.69. The quantitative estimate of drug-likeness (QED) is 0.0630. The van der Waals surface area contributed by atoms with E-state index in [1.807, 2.05) is 36.4 Å². The van der Waals surface area contributed by atoms with Gasteiger partial charge in [-0.3, -0.25) is 0 Å². The van der Waals surface area contributed by atoms with Gasteiger partial charge in [0.25, 0.3) is 0 Å². The molecular formula is C69H76BCoP3S. The van der Waals surface area contributed by atoms with E-state index in [1.165, 1.54) is 54.0 Å². The maximum absolute atomic E-state index is 5.77. The van der Waals surface area contributed by atoms with Gasteiger partial charge in [-0.25, -0.2) is 5.46 Å². The molecule has 0 bridgehead atoms. The summed E-state index contributed by atoms with van der Waals surface area (Å²) >= 11 is 5.77. The van der Waals surface area contributed by atoms with Crippen LogP contribution in [0.4, 0.5) is 0 Å². The molecule has 1 radical (unpaired) electrons. The molecule has 0 aliphatic heterocycles. The number of hydrogen-bond acceptors (Lipinski definition) is 1. The van der Waals surface area contributed by atoms with E-state index in [0.29, 0.717) is 0 Å². The summed E-state index contributed by atoms with van der Waals surface area (Å²) in [6.45, 7) is 20.3. The number of hydrogen-bond donors (Lipinski definition) is 0. The zero-order chi connectivity index (χ0) is 52.6. The third-order valence-electron chi connectivity index (χ3n) is 13.7. The Morgan fingerprint density at radius 3 is 0.707 bits per heavy atom. The molecule has 6 heteroatoms. The van der Waals surface area contributed by atoms with Crippen molar-refractivity contribution >= 4 is 79.8 Å². The van der Waals surface area contributed by atoms with Crippen LogP contribution in [0.25, 0.3) is 0 Å².